The molecule has 1 unspecified atom stereocenters. The van der Waals surface area contributed by atoms with Crippen LogP contribution in [0.1, 0.15) is 77.2 Å². The number of thioether (sulfide) groups is 2. The molecule has 2 N–H and O–H groups in total. The van der Waals surface area contributed by atoms with Gasteiger partial charge in [0.25, 0.3) is 0 Å². The minimum absolute atomic E-state index is 0.0922. The van der Waals surface area contributed by atoms with E-state index in [0.717, 1.165) is 30.6 Å². The fourth-order valence-corrected chi connectivity index (χ4v) is 11.8. The summed E-state index contributed by atoms with van der Waals surface area (Å²) in [6, 6.07) is 9.86. The predicted molar refractivity (Wildman–Crippen MR) is 144 cm³/mol. The fraction of sp³-hybridized carbons (Fsp3) is 0.724. The van der Waals surface area contributed by atoms with Gasteiger partial charge in [-0.3, -0.25) is 0 Å². The number of allylic oxidation sites excluding steroid dienone is 1. The standard InChI is InChI=1S/C29H41NOS2/c1-18(2)30-21-7-4-19(5-8-21)24-17-28(3)25(10-11-26(28)31)23-9-6-20-16-29(32-14-15-33-29)13-12-22(20)27(23)24/h4-5,7-8,16,18,22-27,30-31H,6,9-15,17H2,1-3H3/t22-,23-,24+,25-,26?,27+,28-/m0/s1. The van der Waals surface area contributed by atoms with Crippen LogP contribution in [0, 0.1) is 29.1 Å². The lowest BCUT2D eigenvalue weighted by molar-refractivity contribution is -0.0659. The molecule has 1 aromatic rings. The van der Waals surface area contributed by atoms with E-state index >= 15 is 0 Å². The van der Waals surface area contributed by atoms with Crippen LogP contribution in [0.15, 0.2) is 35.9 Å². The monoisotopic (exact) mass is 483 g/mol. The van der Waals surface area contributed by atoms with Crippen molar-refractivity contribution >= 4 is 29.2 Å². The van der Waals surface area contributed by atoms with Crippen molar-refractivity contribution < 1.29 is 5.11 Å². The first kappa shape index (κ1) is 22.9. The van der Waals surface area contributed by atoms with E-state index < -0.39 is 0 Å². The molecule has 1 aromatic carbocycles. The Balaban J connectivity index is 1.37. The number of anilines is 1. The first-order valence-electron chi connectivity index (χ1n) is 13.4. The molecule has 1 saturated heterocycles. The van der Waals surface area contributed by atoms with Gasteiger partial charge >= 0.3 is 0 Å². The topological polar surface area (TPSA) is 32.3 Å². The summed E-state index contributed by atoms with van der Waals surface area (Å²) in [5.74, 6) is 6.22. The molecule has 1 spiro atoms. The summed E-state index contributed by atoms with van der Waals surface area (Å²) in [5, 5.41) is 14.7. The lowest BCUT2D eigenvalue weighted by Crippen LogP contribution is -2.51. The first-order valence-corrected chi connectivity index (χ1v) is 15.4. The van der Waals surface area contributed by atoms with Crippen molar-refractivity contribution in [1.82, 2.24) is 0 Å². The molecule has 3 saturated carbocycles. The van der Waals surface area contributed by atoms with Gasteiger partial charge in [-0.2, -0.15) is 0 Å². The number of hydrogen-bond donors (Lipinski definition) is 2. The van der Waals surface area contributed by atoms with Crippen LogP contribution in [0.3, 0.4) is 0 Å². The maximum Gasteiger partial charge on any atom is 0.0794 e. The maximum atomic E-state index is 11.1. The van der Waals surface area contributed by atoms with Crippen LogP contribution in [0.2, 0.25) is 0 Å². The van der Waals surface area contributed by atoms with E-state index in [0.29, 0.717) is 22.0 Å². The van der Waals surface area contributed by atoms with Gasteiger partial charge in [0.05, 0.1) is 10.2 Å². The highest BCUT2D eigenvalue weighted by Gasteiger charge is 2.59. The van der Waals surface area contributed by atoms with Crippen LogP contribution in [0.5, 0.6) is 0 Å². The number of rotatable bonds is 3. The molecule has 4 fully saturated rings. The molecule has 1 heterocycles. The summed E-state index contributed by atoms with van der Waals surface area (Å²) < 4.78 is 0.394. The molecule has 4 heteroatoms. The van der Waals surface area contributed by atoms with E-state index in [1.54, 1.807) is 5.57 Å². The zero-order valence-corrected chi connectivity index (χ0v) is 22.2. The summed E-state index contributed by atoms with van der Waals surface area (Å²) in [7, 11) is 0. The SMILES string of the molecule is CC(C)Nc1ccc([C@H]2C[C@]3(C)C(O)CC[C@H]3[C@@H]3CCC4=CC5(CC[C@@H]4[C@H]32)SCCS5)cc1. The van der Waals surface area contributed by atoms with E-state index in [2.05, 4.69) is 80.0 Å². The second kappa shape index (κ2) is 8.52. The number of aliphatic hydroxyl groups excluding tert-OH is 1. The molecule has 0 radical (unpaired) electrons. The van der Waals surface area contributed by atoms with Gasteiger partial charge in [-0.05, 0) is 111 Å². The highest BCUT2D eigenvalue weighted by molar-refractivity contribution is 8.21. The fourth-order valence-electron chi connectivity index (χ4n) is 8.62. The summed E-state index contributed by atoms with van der Waals surface area (Å²) in [6.07, 6.45) is 11.4. The van der Waals surface area contributed by atoms with E-state index in [-0.39, 0.29) is 11.5 Å². The third-order valence-corrected chi connectivity index (χ3v) is 13.4. The molecule has 0 aromatic heterocycles. The van der Waals surface area contributed by atoms with Crippen molar-refractivity contribution in [1.29, 1.82) is 0 Å². The van der Waals surface area contributed by atoms with Crippen LogP contribution in [0.4, 0.5) is 5.69 Å². The first-order chi connectivity index (χ1) is 15.9. The van der Waals surface area contributed by atoms with Gasteiger partial charge < -0.3 is 10.4 Å². The number of aliphatic hydroxyl groups is 1. The van der Waals surface area contributed by atoms with Gasteiger partial charge in [-0.1, -0.05) is 30.7 Å². The Labute approximate surface area is 209 Å². The Kier molecular flexibility index (Phi) is 5.90. The second-order valence-electron chi connectivity index (χ2n) is 12.1. The molecule has 0 amide bonds. The molecule has 1 aliphatic heterocycles. The van der Waals surface area contributed by atoms with Crippen LogP contribution in [-0.4, -0.2) is 32.8 Å². The van der Waals surface area contributed by atoms with Crippen LogP contribution >= 0.6 is 23.5 Å². The van der Waals surface area contributed by atoms with Crippen molar-refractivity contribution in [2.45, 2.75) is 87.9 Å². The van der Waals surface area contributed by atoms with Crippen LogP contribution < -0.4 is 5.32 Å². The Morgan fingerprint density at radius 3 is 2.48 bits per heavy atom. The normalized spacial score (nSPS) is 41.4. The minimum Gasteiger partial charge on any atom is -0.393 e. The van der Waals surface area contributed by atoms with Gasteiger partial charge in [-0.15, -0.1) is 23.5 Å². The molecule has 0 bridgehead atoms. The van der Waals surface area contributed by atoms with Crippen LogP contribution in [0.25, 0.3) is 0 Å². The Morgan fingerprint density at radius 1 is 1.00 bits per heavy atom. The summed E-state index contributed by atoms with van der Waals surface area (Å²) in [4.78, 5) is 0. The molecule has 33 heavy (non-hydrogen) atoms. The summed E-state index contributed by atoms with van der Waals surface area (Å²) in [5.41, 5.74) is 4.64. The van der Waals surface area contributed by atoms with Crippen molar-refractivity contribution in [2.75, 3.05) is 16.8 Å². The van der Waals surface area contributed by atoms with E-state index in [4.69, 9.17) is 0 Å². The Morgan fingerprint density at radius 2 is 1.76 bits per heavy atom. The third-order valence-electron chi connectivity index (χ3n) is 9.98. The number of benzene rings is 1. The van der Waals surface area contributed by atoms with Crippen molar-refractivity contribution in [3.05, 3.63) is 41.5 Å². The largest absolute Gasteiger partial charge is 0.393 e. The van der Waals surface area contributed by atoms with Crippen molar-refractivity contribution in [3.8, 4) is 0 Å². The second-order valence-corrected chi connectivity index (χ2v) is 15.2. The van der Waals surface area contributed by atoms with Gasteiger partial charge in [0.1, 0.15) is 0 Å². The average Bonchev–Trinajstić information content (AvgIpc) is 3.37. The lowest BCUT2D eigenvalue weighted by Gasteiger charge is -2.57. The summed E-state index contributed by atoms with van der Waals surface area (Å²) in [6.45, 7) is 6.84. The number of hydrogen-bond acceptors (Lipinski definition) is 4. The van der Waals surface area contributed by atoms with Gasteiger partial charge in [0, 0.05) is 23.2 Å². The molecule has 7 atom stereocenters. The van der Waals surface area contributed by atoms with Crippen LogP contribution in [-0.2, 0) is 0 Å². The number of nitrogens with one attached hydrogen (secondary N) is 1. The molecule has 180 valence electrons. The Hall–Kier alpha value is -0.580. The van der Waals surface area contributed by atoms with Gasteiger partial charge in [-0.25, -0.2) is 0 Å². The van der Waals surface area contributed by atoms with Crippen molar-refractivity contribution in [3.63, 3.8) is 0 Å². The molecule has 2 nitrogen and oxygen atoms in total. The molecule has 5 aliphatic rings. The highest BCUT2D eigenvalue weighted by Crippen LogP contribution is 2.67. The van der Waals surface area contributed by atoms with E-state index in [1.165, 1.54) is 54.9 Å². The lowest BCUT2D eigenvalue weighted by atomic mass is 9.48. The molecular formula is C29H41NOS2. The molecular weight excluding hydrogens is 442 g/mol. The maximum absolute atomic E-state index is 11.1. The van der Waals surface area contributed by atoms with Gasteiger partial charge in [0.2, 0.25) is 0 Å². The molecule has 6 rings (SSSR count). The Bertz CT molecular complexity index is 905. The minimum atomic E-state index is -0.120. The zero-order chi connectivity index (χ0) is 22.8. The zero-order valence-electron chi connectivity index (χ0n) is 20.6. The van der Waals surface area contributed by atoms with E-state index in [9.17, 15) is 5.11 Å². The van der Waals surface area contributed by atoms with E-state index in [1.807, 2.05) is 0 Å². The predicted octanol–water partition coefficient (Wildman–Crippen LogP) is 7.31. The summed E-state index contributed by atoms with van der Waals surface area (Å²) >= 11 is 4.43. The average molecular weight is 484 g/mol. The smallest absolute Gasteiger partial charge is 0.0794 e. The van der Waals surface area contributed by atoms with Crippen molar-refractivity contribution in [2.24, 2.45) is 29.1 Å². The third kappa shape index (κ3) is 3.82. The number of fused-ring (bicyclic) bond motifs is 5. The highest BCUT2D eigenvalue weighted by atomic mass is 32.2. The molecule has 4 aliphatic carbocycles. The van der Waals surface area contributed by atoms with Gasteiger partial charge in [0.15, 0.2) is 0 Å². The quantitative estimate of drug-likeness (QED) is 0.441.